The van der Waals surface area contributed by atoms with Gasteiger partial charge in [0, 0.05) is 0 Å². The van der Waals surface area contributed by atoms with Gasteiger partial charge in [0.1, 0.15) is 0 Å². The Labute approximate surface area is 149 Å². The molecule has 0 aromatic carbocycles. The molecular weight excluding hydrogens is 290 g/mol. The molecule has 4 aliphatic rings. The third kappa shape index (κ3) is 2.17. The molecule has 0 radical (unpaired) electrons. The summed E-state index contributed by atoms with van der Waals surface area (Å²) in [6.45, 7) is 17.2. The fourth-order valence-corrected chi connectivity index (χ4v) is 7.95. The number of allylic oxidation sites excluding steroid dienone is 2. The average molecular weight is 326 g/mol. The minimum Gasteiger partial charge on any atom is -0.243 e. The molecule has 24 heavy (non-hydrogen) atoms. The van der Waals surface area contributed by atoms with Crippen LogP contribution in [0.4, 0.5) is 0 Å². The van der Waals surface area contributed by atoms with E-state index in [4.69, 9.17) is 6.57 Å². The van der Waals surface area contributed by atoms with E-state index < -0.39 is 0 Å². The molecule has 0 N–H and O–H groups in total. The number of hydrogen-bond acceptors (Lipinski definition) is 0. The minimum atomic E-state index is 0.348. The van der Waals surface area contributed by atoms with Crippen LogP contribution in [0.3, 0.4) is 0 Å². The second kappa shape index (κ2) is 5.62. The summed E-state index contributed by atoms with van der Waals surface area (Å²) in [4.78, 5) is 3.83. The van der Waals surface area contributed by atoms with Crippen LogP contribution in [0.5, 0.6) is 0 Å². The van der Waals surface area contributed by atoms with Gasteiger partial charge in [0.2, 0.25) is 0 Å². The molecule has 1 nitrogen and oxygen atoms in total. The first-order valence-electron chi connectivity index (χ1n) is 10.5. The smallest absolute Gasteiger partial charge is 0.162 e. The van der Waals surface area contributed by atoms with Crippen LogP contribution in [-0.4, -0.2) is 0 Å². The van der Waals surface area contributed by atoms with Gasteiger partial charge >= 0.3 is 0 Å². The Hall–Kier alpha value is -0.770. The summed E-state index contributed by atoms with van der Waals surface area (Å²) in [6, 6.07) is 0. The lowest BCUT2D eigenvalue weighted by Crippen LogP contribution is -2.52. The van der Waals surface area contributed by atoms with Crippen molar-refractivity contribution < 1.29 is 0 Å². The summed E-state index contributed by atoms with van der Waals surface area (Å²) in [5.41, 5.74) is 3.52. The van der Waals surface area contributed by atoms with Gasteiger partial charge in [-0.3, -0.25) is 0 Å². The summed E-state index contributed by atoms with van der Waals surface area (Å²) in [5, 5.41) is 0. The van der Waals surface area contributed by atoms with Crippen molar-refractivity contribution in [3.05, 3.63) is 22.7 Å². The van der Waals surface area contributed by atoms with Gasteiger partial charge in [0.25, 0.3) is 0 Å². The topological polar surface area (TPSA) is 4.36 Å². The molecule has 0 aromatic heterocycles. The van der Waals surface area contributed by atoms with Gasteiger partial charge in [0.15, 0.2) is 5.70 Å². The molecule has 0 aliphatic heterocycles. The van der Waals surface area contributed by atoms with Gasteiger partial charge in [-0.15, -0.1) is 0 Å². The van der Waals surface area contributed by atoms with Gasteiger partial charge in [-0.25, -0.2) is 4.85 Å². The zero-order valence-corrected chi connectivity index (χ0v) is 16.2. The lowest BCUT2D eigenvalue weighted by molar-refractivity contribution is -0.105. The van der Waals surface area contributed by atoms with Crippen molar-refractivity contribution in [3.63, 3.8) is 0 Å². The van der Waals surface area contributed by atoms with Crippen LogP contribution in [0.2, 0.25) is 0 Å². The van der Waals surface area contributed by atoms with Gasteiger partial charge in [-0.1, -0.05) is 32.8 Å². The SMILES string of the molecule is [C-]#[N+]/C(C)=C1/CC[C@H]2[C@@H]3CC[C@H]4C[C@@H](C)CC[C@]4(C)[C@H]3CC[C@]12C. The molecule has 1 heteroatoms. The van der Waals surface area contributed by atoms with Crippen molar-refractivity contribution in [2.24, 2.45) is 40.4 Å². The number of nitrogens with zero attached hydrogens (tertiary/aromatic N) is 1. The third-order valence-electron chi connectivity index (χ3n) is 9.32. The standard InChI is InChI=1S/C23H35N/c1-15-10-12-22(3)17(14-15)6-7-18-20-9-8-19(16(2)24-5)23(20,4)13-11-21(18)22/h15,17-18,20-21H,6-14H2,1-4H3/b19-16-/t15-,17-,18-,20-,21-,22-,23+/m0/s1. The van der Waals surface area contributed by atoms with E-state index in [0.717, 1.165) is 35.3 Å². The maximum Gasteiger partial charge on any atom is 0.162 e. The van der Waals surface area contributed by atoms with E-state index in [1.54, 1.807) is 0 Å². The van der Waals surface area contributed by atoms with Crippen molar-refractivity contribution in [2.75, 3.05) is 0 Å². The number of hydrogen-bond donors (Lipinski definition) is 0. The van der Waals surface area contributed by atoms with Crippen LogP contribution in [0.25, 0.3) is 4.85 Å². The first kappa shape index (κ1) is 16.7. The van der Waals surface area contributed by atoms with Gasteiger partial charge in [0.05, 0.1) is 6.57 Å². The Bertz CT molecular complexity index is 596. The lowest BCUT2D eigenvalue weighted by atomic mass is 9.44. The van der Waals surface area contributed by atoms with E-state index in [1.807, 2.05) is 0 Å². The lowest BCUT2D eigenvalue weighted by Gasteiger charge is -2.60. The minimum absolute atomic E-state index is 0.348. The normalized spacial score (nSPS) is 52.7. The fraction of sp³-hybridized carbons (Fsp3) is 0.870. The van der Waals surface area contributed by atoms with Crippen LogP contribution < -0.4 is 0 Å². The number of rotatable bonds is 0. The second-order valence-corrected chi connectivity index (χ2v) is 10.2. The van der Waals surface area contributed by atoms with E-state index in [9.17, 15) is 0 Å². The zero-order valence-electron chi connectivity index (χ0n) is 16.2. The Kier molecular flexibility index (Phi) is 3.91. The van der Waals surface area contributed by atoms with Crippen molar-refractivity contribution in [2.45, 2.75) is 85.5 Å². The molecule has 4 aliphatic carbocycles. The first-order valence-corrected chi connectivity index (χ1v) is 10.5. The Morgan fingerprint density at radius 1 is 1.04 bits per heavy atom. The maximum atomic E-state index is 7.49. The van der Waals surface area contributed by atoms with Gasteiger partial charge < -0.3 is 0 Å². The zero-order chi connectivity index (χ0) is 17.1. The highest BCUT2D eigenvalue weighted by Crippen LogP contribution is 2.67. The largest absolute Gasteiger partial charge is 0.243 e. The van der Waals surface area contributed by atoms with Gasteiger partial charge in [-0.05, 0) is 98.7 Å². The summed E-state index contributed by atoms with van der Waals surface area (Å²) in [6.07, 6.45) is 12.7. The van der Waals surface area contributed by atoms with E-state index in [-0.39, 0.29) is 0 Å². The Balaban J connectivity index is 1.65. The molecule has 0 unspecified atom stereocenters. The van der Waals surface area contributed by atoms with E-state index in [1.165, 1.54) is 63.4 Å². The highest BCUT2D eigenvalue weighted by atomic mass is 14.7. The highest BCUT2D eigenvalue weighted by Gasteiger charge is 2.58. The van der Waals surface area contributed by atoms with Crippen LogP contribution in [-0.2, 0) is 0 Å². The number of fused-ring (bicyclic) bond motifs is 5. The summed E-state index contributed by atoms with van der Waals surface area (Å²) >= 11 is 0. The molecule has 132 valence electrons. The predicted molar refractivity (Wildman–Crippen MR) is 100 cm³/mol. The van der Waals surface area contributed by atoms with Crippen LogP contribution in [0.15, 0.2) is 11.3 Å². The van der Waals surface area contributed by atoms with E-state index in [0.29, 0.717) is 10.8 Å². The van der Waals surface area contributed by atoms with Crippen molar-refractivity contribution in [3.8, 4) is 0 Å². The average Bonchev–Trinajstić information content (AvgIpc) is 2.92. The van der Waals surface area contributed by atoms with E-state index in [2.05, 4.69) is 32.5 Å². The molecule has 0 heterocycles. The fourth-order valence-electron chi connectivity index (χ4n) is 7.95. The summed E-state index contributed by atoms with van der Waals surface area (Å²) < 4.78 is 0. The van der Waals surface area contributed by atoms with Crippen molar-refractivity contribution >= 4 is 0 Å². The van der Waals surface area contributed by atoms with Crippen molar-refractivity contribution in [1.82, 2.24) is 0 Å². The molecule has 4 fully saturated rings. The Morgan fingerprint density at radius 3 is 2.58 bits per heavy atom. The molecule has 4 rings (SSSR count). The molecule has 0 amide bonds. The molecule has 0 aromatic rings. The van der Waals surface area contributed by atoms with Crippen LogP contribution >= 0.6 is 0 Å². The third-order valence-corrected chi connectivity index (χ3v) is 9.32. The maximum absolute atomic E-state index is 7.49. The molecular formula is C23H35N. The quantitative estimate of drug-likeness (QED) is 0.428. The predicted octanol–water partition coefficient (Wildman–Crippen LogP) is 6.86. The molecule has 0 spiro atoms. The van der Waals surface area contributed by atoms with Crippen molar-refractivity contribution in [1.29, 1.82) is 0 Å². The molecule has 4 saturated carbocycles. The molecule has 7 atom stereocenters. The summed E-state index contributed by atoms with van der Waals surface area (Å²) in [5.74, 6) is 4.72. The van der Waals surface area contributed by atoms with Gasteiger partial charge in [-0.2, -0.15) is 0 Å². The summed E-state index contributed by atoms with van der Waals surface area (Å²) in [7, 11) is 0. The highest BCUT2D eigenvalue weighted by molar-refractivity contribution is 5.30. The molecule has 0 bridgehead atoms. The second-order valence-electron chi connectivity index (χ2n) is 10.2. The van der Waals surface area contributed by atoms with E-state index >= 15 is 0 Å². The van der Waals surface area contributed by atoms with Crippen LogP contribution in [0, 0.1) is 47.0 Å². The first-order chi connectivity index (χ1) is 11.4. The monoisotopic (exact) mass is 325 g/mol. The molecule has 0 saturated heterocycles. The Morgan fingerprint density at radius 2 is 1.83 bits per heavy atom. The van der Waals surface area contributed by atoms with Crippen LogP contribution in [0.1, 0.15) is 85.5 Å².